The van der Waals surface area contributed by atoms with Gasteiger partial charge in [0.1, 0.15) is 18.0 Å². The van der Waals surface area contributed by atoms with E-state index in [4.69, 9.17) is 0 Å². The predicted octanol–water partition coefficient (Wildman–Crippen LogP) is 3.97. The third-order valence-electron chi connectivity index (χ3n) is 4.60. The van der Waals surface area contributed by atoms with Crippen molar-refractivity contribution < 1.29 is 13.7 Å². The minimum atomic E-state index is -0.874. The first-order valence-electron chi connectivity index (χ1n) is 8.56. The zero-order valence-corrected chi connectivity index (χ0v) is 14.6. The Balaban J connectivity index is 1.71. The Morgan fingerprint density at radius 3 is 2.64 bits per heavy atom. The van der Waals surface area contributed by atoms with E-state index < -0.39 is 16.6 Å². The molecule has 0 radical (unpaired) electrons. The van der Waals surface area contributed by atoms with E-state index in [-0.39, 0.29) is 23.0 Å². The fraction of sp³-hybridized carbons (Fsp3) is 0.158. The number of aromatic nitrogens is 2. The standard InChI is InChI=1S/C19H15F2N5O2/c20-14-5-6-16(15(21)9-14)24-18-17(26(27)28)19(23-11-22-18)25-8-7-12-3-1-2-4-13(12)10-25/h1-6,9,11H,7-8,10H2,(H,22,23,24). The first kappa shape index (κ1) is 17.8. The molecule has 9 heteroatoms. The fourth-order valence-corrected chi connectivity index (χ4v) is 3.26. The molecule has 3 aromatic rings. The van der Waals surface area contributed by atoms with Crippen LogP contribution in [0.4, 0.5) is 31.8 Å². The average Bonchev–Trinajstić information content (AvgIpc) is 2.69. The van der Waals surface area contributed by atoms with Crippen LogP contribution in [0.1, 0.15) is 11.1 Å². The summed E-state index contributed by atoms with van der Waals surface area (Å²) in [6.07, 6.45) is 1.92. The number of fused-ring (bicyclic) bond motifs is 1. The quantitative estimate of drug-likeness (QED) is 0.542. The molecule has 1 N–H and O–H groups in total. The van der Waals surface area contributed by atoms with Gasteiger partial charge in [-0.3, -0.25) is 10.1 Å². The lowest BCUT2D eigenvalue weighted by atomic mass is 10.00. The van der Waals surface area contributed by atoms with E-state index >= 15 is 0 Å². The fourth-order valence-electron chi connectivity index (χ4n) is 3.26. The van der Waals surface area contributed by atoms with Crippen molar-refractivity contribution in [2.75, 3.05) is 16.8 Å². The zero-order chi connectivity index (χ0) is 19.7. The summed E-state index contributed by atoms with van der Waals surface area (Å²) < 4.78 is 27.1. The van der Waals surface area contributed by atoms with Gasteiger partial charge >= 0.3 is 5.69 Å². The van der Waals surface area contributed by atoms with Gasteiger partial charge in [0.05, 0.1) is 10.6 Å². The van der Waals surface area contributed by atoms with Gasteiger partial charge in [-0.25, -0.2) is 18.7 Å². The third kappa shape index (κ3) is 3.34. The van der Waals surface area contributed by atoms with Gasteiger partial charge in [-0.1, -0.05) is 24.3 Å². The van der Waals surface area contributed by atoms with Crippen LogP contribution in [-0.4, -0.2) is 21.4 Å². The van der Waals surface area contributed by atoms with Crippen molar-refractivity contribution in [2.45, 2.75) is 13.0 Å². The van der Waals surface area contributed by atoms with E-state index in [9.17, 15) is 18.9 Å². The highest BCUT2D eigenvalue weighted by atomic mass is 19.1. The molecule has 0 unspecified atom stereocenters. The van der Waals surface area contributed by atoms with Crippen molar-refractivity contribution in [2.24, 2.45) is 0 Å². The Kier molecular flexibility index (Phi) is 4.56. The monoisotopic (exact) mass is 383 g/mol. The topological polar surface area (TPSA) is 84.2 Å². The second-order valence-corrected chi connectivity index (χ2v) is 6.34. The summed E-state index contributed by atoms with van der Waals surface area (Å²) in [6.45, 7) is 1.03. The molecule has 0 saturated carbocycles. The highest BCUT2D eigenvalue weighted by molar-refractivity contribution is 5.74. The summed E-state index contributed by atoms with van der Waals surface area (Å²) in [5, 5.41) is 14.4. The maximum absolute atomic E-state index is 14.0. The molecule has 0 aliphatic carbocycles. The van der Waals surface area contributed by atoms with Gasteiger partial charge in [0, 0.05) is 19.2 Å². The number of anilines is 3. The molecule has 1 aliphatic rings. The van der Waals surface area contributed by atoms with Crippen molar-refractivity contribution in [3.63, 3.8) is 0 Å². The summed E-state index contributed by atoms with van der Waals surface area (Å²) in [5.74, 6) is -1.62. The molecular weight excluding hydrogens is 368 g/mol. The first-order valence-corrected chi connectivity index (χ1v) is 8.56. The molecule has 0 atom stereocenters. The summed E-state index contributed by atoms with van der Waals surface area (Å²) in [6, 6.07) is 10.8. The van der Waals surface area contributed by atoms with Crippen molar-refractivity contribution >= 4 is 23.0 Å². The molecule has 4 rings (SSSR count). The van der Waals surface area contributed by atoms with Gasteiger partial charge in [-0.2, -0.15) is 0 Å². The Morgan fingerprint density at radius 2 is 1.89 bits per heavy atom. The van der Waals surface area contributed by atoms with E-state index in [2.05, 4.69) is 15.3 Å². The molecule has 1 aliphatic heterocycles. The van der Waals surface area contributed by atoms with Crippen molar-refractivity contribution in [3.05, 3.63) is 81.7 Å². The van der Waals surface area contributed by atoms with Crippen LogP contribution in [0, 0.1) is 21.7 Å². The number of rotatable bonds is 4. The summed E-state index contributed by atoms with van der Waals surface area (Å²) in [4.78, 5) is 21.0. The van der Waals surface area contributed by atoms with E-state index in [1.165, 1.54) is 11.9 Å². The van der Waals surface area contributed by atoms with Crippen molar-refractivity contribution in [1.29, 1.82) is 0 Å². The Hall–Kier alpha value is -3.62. The van der Waals surface area contributed by atoms with Gasteiger partial charge in [-0.15, -0.1) is 0 Å². The van der Waals surface area contributed by atoms with Crippen LogP contribution in [0.3, 0.4) is 0 Å². The predicted molar refractivity (Wildman–Crippen MR) is 99.5 cm³/mol. The van der Waals surface area contributed by atoms with Crippen LogP contribution >= 0.6 is 0 Å². The second-order valence-electron chi connectivity index (χ2n) is 6.34. The molecule has 2 aromatic carbocycles. The van der Waals surface area contributed by atoms with Crippen LogP contribution in [0.25, 0.3) is 0 Å². The van der Waals surface area contributed by atoms with Gasteiger partial charge in [0.15, 0.2) is 0 Å². The lowest BCUT2D eigenvalue weighted by Crippen LogP contribution is -2.31. The molecule has 0 bridgehead atoms. The normalized spacial score (nSPS) is 13.1. The van der Waals surface area contributed by atoms with E-state index in [0.29, 0.717) is 19.2 Å². The van der Waals surface area contributed by atoms with Crippen LogP contribution in [0.15, 0.2) is 48.8 Å². The third-order valence-corrected chi connectivity index (χ3v) is 4.60. The Labute approximate surface area is 158 Å². The number of nitrogens with one attached hydrogen (secondary N) is 1. The summed E-state index contributed by atoms with van der Waals surface area (Å²) >= 11 is 0. The average molecular weight is 383 g/mol. The molecule has 0 fully saturated rings. The van der Waals surface area contributed by atoms with E-state index in [0.717, 1.165) is 24.1 Å². The van der Waals surface area contributed by atoms with E-state index in [1.807, 2.05) is 24.3 Å². The molecule has 0 spiro atoms. The Bertz CT molecular complexity index is 1060. The number of halogens is 2. The maximum atomic E-state index is 14.0. The lowest BCUT2D eigenvalue weighted by Gasteiger charge is -2.29. The molecule has 0 amide bonds. The maximum Gasteiger partial charge on any atom is 0.353 e. The number of nitrogens with zero attached hydrogens (tertiary/aromatic N) is 4. The second kappa shape index (κ2) is 7.18. The largest absolute Gasteiger partial charge is 0.353 e. The minimum absolute atomic E-state index is 0.113. The number of hydrogen-bond acceptors (Lipinski definition) is 6. The highest BCUT2D eigenvalue weighted by Gasteiger charge is 2.29. The van der Waals surface area contributed by atoms with Gasteiger partial charge in [-0.05, 0) is 29.7 Å². The molecule has 0 saturated heterocycles. The van der Waals surface area contributed by atoms with Crippen LogP contribution in [0.5, 0.6) is 0 Å². The molecule has 2 heterocycles. The Morgan fingerprint density at radius 1 is 1.11 bits per heavy atom. The number of benzene rings is 2. The molecule has 142 valence electrons. The van der Waals surface area contributed by atoms with Crippen molar-refractivity contribution in [3.8, 4) is 0 Å². The first-order chi connectivity index (χ1) is 13.5. The van der Waals surface area contributed by atoms with Crippen LogP contribution < -0.4 is 10.2 Å². The molecule has 1 aromatic heterocycles. The minimum Gasteiger partial charge on any atom is -0.346 e. The van der Waals surface area contributed by atoms with E-state index in [1.54, 1.807) is 4.90 Å². The SMILES string of the molecule is O=[N+]([O-])c1c(Nc2ccc(F)cc2F)ncnc1N1CCc2ccccc2C1. The van der Waals surface area contributed by atoms with Crippen molar-refractivity contribution in [1.82, 2.24) is 9.97 Å². The summed E-state index contributed by atoms with van der Waals surface area (Å²) in [7, 11) is 0. The zero-order valence-electron chi connectivity index (χ0n) is 14.6. The van der Waals surface area contributed by atoms with Gasteiger partial charge in [0.2, 0.25) is 11.6 Å². The molecular formula is C19H15F2N5O2. The molecule has 28 heavy (non-hydrogen) atoms. The molecule has 7 nitrogen and oxygen atoms in total. The van der Waals surface area contributed by atoms with Gasteiger partial charge < -0.3 is 10.2 Å². The lowest BCUT2D eigenvalue weighted by molar-refractivity contribution is -0.383. The van der Waals surface area contributed by atoms with Crippen LogP contribution in [-0.2, 0) is 13.0 Å². The number of hydrogen-bond donors (Lipinski definition) is 1. The number of nitro groups is 1. The highest BCUT2D eigenvalue weighted by Crippen LogP contribution is 2.36. The van der Waals surface area contributed by atoms with Crippen LogP contribution in [0.2, 0.25) is 0 Å². The smallest absolute Gasteiger partial charge is 0.346 e. The summed E-state index contributed by atoms with van der Waals surface area (Å²) in [5.41, 5.74) is 1.80. The van der Waals surface area contributed by atoms with Gasteiger partial charge in [0.25, 0.3) is 0 Å².